The number of hydrogen-bond acceptors (Lipinski definition) is 3. The molecule has 94 valence electrons. The molecule has 17 heavy (non-hydrogen) atoms. The Balaban J connectivity index is 1.92. The number of hydrogen-bond donors (Lipinski definition) is 0. The van der Waals surface area contributed by atoms with Crippen LogP contribution in [0.3, 0.4) is 0 Å². The van der Waals surface area contributed by atoms with E-state index in [1.54, 1.807) is 0 Å². The van der Waals surface area contributed by atoms with E-state index in [1.165, 1.54) is 0 Å². The standard InChI is InChI=1S/C13H20N2O2/c1-5-6-14-8-11-7-10(14)9-15(11)12(16)17-13(2,3)4/h1,10-11H,6-9H2,2-4H3. The van der Waals surface area contributed by atoms with Crippen molar-refractivity contribution in [1.82, 2.24) is 9.80 Å². The normalized spacial score (nSPS) is 28.2. The Morgan fingerprint density at radius 3 is 2.59 bits per heavy atom. The van der Waals surface area contributed by atoms with Crippen molar-refractivity contribution in [1.29, 1.82) is 0 Å². The van der Waals surface area contributed by atoms with Gasteiger partial charge in [0.1, 0.15) is 5.60 Å². The third-order valence-corrected chi connectivity index (χ3v) is 3.28. The molecule has 2 saturated heterocycles. The van der Waals surface area contributed by atoms with E-state index in [0.29, 0.717) is 12.6 Å². The van der Waals surface area contributed by atoms with Crippen LogP contribution >= 0.6 is 0 Å². The van der Waals surface area contributed by atoms with E-state index in [0.717, 1.165) is 19.5 Å². The Morgan fingerprint density at radius 2 is 2.12 bits per heavy atom. The van der Waals surface area contributed by atoms with E-state index in [9.17, 15) is 4.79 Å². The number of terminal acetylenes is 1. The molecule has 0 N–H and O–H groups in total. The summed E-state index contributed by atoms with van der Waals surface area (Å²) >= 11 is 0. The fourth-order valence-corrected chi connectivity index (χ4v) is 2.60. The van der Waals surface area contributed by atoms with E-state index < -0.39 is 5.60 Å². The van der Waals surface area contributed by atoms with Gasteiger partial charge in [-0.1, -0.05) is 5.92 Å². The van der Waals surface area contributed by atoms with Crippen LogP contribution in [-0.2, 0) is 4.74 Å². The minimum Gasteiger partial charge on any atom is -0.444 e. The highest BCUT2D eigenvalue weighted by Crippen LogP contribution is 2.31. The first kappa shape index (κ1) is 12.3. The summed E-state index contributed by atoms with van der Waals surface area (Å²) in [7, 11) is 0. The molecule has 0 aromatic rings. The van der Waals surface area contributed by atoms with Gasteiger partial charge in [-0.25, -0.2) is 4.79 Å². The van der Waals surface area contributed by atoms with Crippen LogP contribution in [-0.4, -0.2) is 53.2 Å². The van der Waals surface area contributed by atoms with Crippen LogP contribution in [0.25, 0.3) is 0 Å². The van der Waals surface area contributed by atoms with Crippen LogP contribution < -0.4 is 0 Å². The van der Waals surface area contributed by atoms with Crippen LogP contribution in [0.2, 0.25) is 0 Å². The molecule has 2 aliphatic heterocycles. The summed E-state index contributed by atoms with van der Waals surface area (Å²) in [5.41, 5.74) is -0.419. The zero-order valence-electron chi connectivity index (χ0n) is 10.8. The smallest absolute Gasteiger partial charge is 0.410 e. The summed E-state index contributed by atoms with van der Waals surface area (Å²) < 4.78 is 5.40. The molecule has 2 bridgehead atoms. The molecule has 0 aromatic carbocycles. The van der Waals surface area contributed by atoms with Crippen molar-refractivity contribution in [3.05, 3.63) is 0 Å². The van der Waals surface area contributed by atoms with Gasteiger partial charge in [-0.15, -0.1) is 6.42 Å². The Bertz CT molecular complexity index is 353. The summed E-state index contributed by atoms with van der Waals surface area (Å²) in [5.74, 6) is 2.67. The zero-order valence-corrected chi connectivity index (χ0v) is 10.8. The molecule has 0 saturated carbocycles. The van der Waals surface area contributed by atoms with E-state index >= 15 is 0 Å². The van der Waals surface area contributed by atoms with Gasteiger partial charge in [0.15, 0.2) is 0 Å². The fraction of sp³-hybridized carbons (Fsp3) is 0.769. The van der Waals surface area contributed by atoms with Gasteiger partial charge in [0.05, 0.1) is 6.54 Å². The van der Waals surface area contributed by atoms with Crippen molar-refractivity contribution in [2.24, 2.45) is 0 Å². The van der Waals surface area contributed by atoms with Gasteiger partial charge in [-0.3, -0.25) is 4.90 Å². The number of rotatable bonds is 1. The molecule has 2 rings (SSSR count). The first-order valence-corrected chi connectivity index (χ1v) is 6.08. The Hall–Kier alpha value is -1.21. The Kier molecular flexibility index (Phi) is 3.05. The molecule has 4 heteroatoms. The third-order valence-electron chi connectivity index (χ3n) is 3.28. The minimum atomic E-state index is -0.419. The van der Waals surface area contributed by atoms with Gasteiger partial charge in [-0.05, 0) is 27.2 Å². The van der Waals surface area contributed by atoms with Crippen LogP contribution in [0.1, 0.15) is 27.2 Å². The number of ether oxygens (including phenoxy) is 1. The highest BCUT2D eigenvalue weighted by Gasteiger charge is 2.45. The molecule has 2 unspecified atom stereocenters. The van der Waals surface area contributed by atoms with Gasteiger partial charge in [-0.2, -0.15) is 0 Å². The number of carbonyl (C=O) groups excluding carboxylic acids is 1. The summed E-state index contributed by atoms with van der Waals surface area (Å²) in [5, 5.41) is 0. The lowest BCUT2D eigenvalue weighted by Gasteiger charge is -2.34. The predicted molar refractivity (Wildman–Crippen MR) is 65.5 cm³/mol. The Labute approximate surface area is 103 Å². The van der Waals surface area contributed by atoms with E-state index in [1.807, 2.05) is 25.7 Å². The monoisotopic (exact) mass is 236 g/mol. The van der Waals surface area contributed by atoms with Crippen molar-refractivity contribution in [2.75, 3.05) is 19.6 Å². The van der Waals surface area contributed by atoms with Crippen LogP contribution in [0.15, 0.2) is 0 Å². The number of amides is 1. The molecule has 2 heterocycles. The third kappa shape index (κ3) is 2.55. The lowest BCUT2D eigenvalue weighted by atomic mass is 10.2. The summed E-state index contributed by atoms with van der Waals surface area (Å²) in [6, 6.07) is 0.701. The lowest BCUT2D eigenvalue weighted by Crippen LogP contribution is -2.50. The van der Waals surface area contributed by atoms with Crippen molar-refractivity contribution in [3.63, 3.8) is 0 Å². The lowest BCUT2D eigenvalue weighted by molar-refractivity contribution is 0.0139. The second-order valence-electron chi connectivity index (χ2n) is 5.81. The maximum atomic E-state index is 12.0. The minimum absolute atomic E-state index is 0.189. The maximum absolute atomic E-state index is 12.0. The van der Waals surface area contributed by atoms with E-state index in [2.05, 4.69) is 10.8 Å². The van der Waals surface area contributed by atoms with Crippen molar-refractivity contribution < 1.29 is 9.53 Å². The second-order valence-corrected chi connectivity index (χ2v) is 5.81. The van der Waals surface area contributed by atoms with Crippen molar-refractivity contribution in [2.45, 2.75) is 44.9 Å². The predicted octanol–water partition coefficient (Wildman–Crippen LogP) is 1.31. The summed E-state index contributed by atoms with van der Waals surface area (Å²) in [6.45, 7) is 8.00. The largest absolute Gasteiger partial charge is 0.444 e. The molecule has 1 amide bonds. The first-order valence-electron chi connectivity index (χ1n) is 6.08. The number of likely N-dealkylation sites (tertiary alicyclic amines) is 2. The molecule has 0 spiro atoms. The second kappa shape index (κ2) is 4.23. The van der Waals surface area contributed by atoms with Gasteiger partial charge < -0.3 is 9.64 Å². The molecule has 0 aliphatic carbocycles. The summed E-state index contributed by atoms with van der Waals surface area (Å²) in [6.07, 6.45) is 6.16. The molecule has 4 nitrogen and oxygen atoms in total. The highest BCUT2D eigenvalue weighted by molar-refractivity contribution is 5.69. The van der Waals surface area contributed by atoms with Gasteiger partial charge >= 0.3 is 6.09 Å². The molecular weight excluding hydrogens is 216 g/mol. The first-order chi connectivity index (χ1) is 7.90. The van der Waals surface area contributed by atoms with Crippen LogP contribution in [0.4, 0.5) is 4.79 Å². The number of piperazine rings is 1. The molecule has 0 aromatic heterocycles. The molecular formula is C13H20N2O2. The van der Waals surface area contributed by atoms with Gasteiger partial charge in [0.2, 0.25) is 0 Å². The quantitative estimate of drug-likeness (QED) is 0.644. The number of carbonyl (C=O) groups is 1. The Morgan fingerprint density at radius 1 is 1.41 bits per heavy atom. The van der Waals surface area contributed by atoms with Crippen molar-refractivity contribution in [3.8, 4) is 12.3 Å². The zero-order chi connectivity index (χ0) is 12.6. The average molecular weight is 236 g/mol. The fourth-order valence-electron chi connectivity index (χ4n) is 2.60. The maximum Gasteiger partial charge on any atom is 0.410 e. The molecule has 0 radical (unpaired) electrons. The van der Waals surface area contributed by atoms with E-state index in [-0.39, 0.29) is 12.1 Å². The van der Waals surface area contributed by atoms with Crippen molar-refractivity contribution >= 4 is 6.09 Å². The highest BCUT2D eigenvalue weighted by atomic mass is 16.6. The number of nitrogens with zero attached hydrogens (tertiary/aromatic N) is 2. The van der Waals surface area contributed by atoms with E-state index in [4.69, 9.17) is 11.2 Å². The topological polar surface area (TPSA) is 32.8 Å². The van der Waals surface area contributed by atoms with Gasteiger partial charge in [0, 0.05) is 25.2 Å². The molecule has 2 atom stereocenters. The molecule has 2 fully saturated rings. The van der Waals surface area contributed by atoms with Gasteiger partial charge in [0.25, 0.3) is 0 Å². The number of fused-ring (bicyclic) bond motifs is 2. The van der Waals surface area contributed by atoms with Crippen LogP contribution in [0, 0.1) is 12.3 Å². The average Bonchev–Trinajstić information content (AvgIpc) is 2.74. The summed E-state index contributed by atoms with van der Waals surface area (Å²) in [4.78, 5) is 16.1. The SMILES string of the molecule is C#CCN1CC2CC1CN2C(=O)OC(C)(C)C. The molecule has 2 aliphatic rings. The van der Waals surface area contributed by atoms with Crippen LogP contribution in [0.5, 0.6) is 0 Å².